The zero-order valence-corrected chi connectivity index (χ0v) is 19.7. The maximum absolute atomic E-state index is 12.1. The SMILES string of the molecule is CC(C)(C)OOC(=O)c1ccc(C=Cc2ccccc2N(Cc2ccccc2)[SH](=O)=O)cc1. The van der Waals surface area contributed by atoms with Gasteiger partial charge in [0.1, 0.15) is 5.60 Å². The van der Waals surface area contributed by atoms with Gasteiger partial charge in [0.2, 0.25) is 10.9 Å². The van der Waals surface area contributed by atoms with Gasteiger partial charge in [0.25, 0.3) is 0 Å². The van der Waals surface area contributed by atoms with E-state index in [9.17, 15) is 13.2 Å². The van der Waals surface area contributed by atoms with Crippen LogP contribution in [-0.2, 0) is 27.2 Å². The lowest BCUT2D eigenvalue weighted by Crippen LogP contribution is -2.21. The summed E-state index contributed by atoms with van der Waals surface area (Å²) in [6.07, 6.45) is 3.71. The molecule has 0 saturated carbocycles. The lowest BCUT2D eigenvalue weighted by Gasteiger charge is -2.20. The van der Waals surface area contributed by atoms with Crippen LogP contribution in [0.3, 0.4) is 0 Å². The van der Waals surface area contributed by atoms with E-state index in [-0.39, 0.29) is 6.54 Å². The molecule has 0 heterocycles. The summed E-state index contributed by atoms with van der Waals surface area (Å²) >= 11 is 0. The lowest BCUT2D eigenvalue weighted by molar-refractivity contribution is -0.301. The van der Waals surface area contributed by atoms with E-state index in [4.69, 9.17) is 9.78 Å². The van der Waals surface area contributed by atoms with Crippen molar-refractivity contribution in [3.63, 3.8) is 0 Å². The minimum absolute atomic E-state index is 0.248. The van der Waals surface area contributed by atoms with E-state index < -0.39 is 22.5 Å². The van der Waals surface area contributed by atoms with E-state index in [0.717, 1.165) is 16.7 Å². The molecule has 0 amide bonds. The first-order valence-electron chi connectivity index (χ1n) is 10.5. The van der Waals surface area contributed by atoms with Gasteiger partial charge >= 0.3 is 5.97 Å². The summed E-state index contributed by atoms with van der Waals surface area (Å²) in [5, 5.41) is 0. The van der Waals surface area contributed by atoms with Crippen molar-refractivity contribution in [2.45, 2.75) is 32.9 Å². The number of carbonyl (C=O) groups excluding carboxylic acids is 1. The molecule has 0 spiro atoms. The zero-order valence-electron chi connectivity index (χ0n) is 18.8. The monoisotopic (exact) mass is 465 g/mol. The van der Waals surface area contributed by atoms with Gasteiger partial charge in [-0.2, -0.15) is 4.89 Å². The molecule has 0 N–H and O–H groups in total. The van der Waals surface area contributed by atoms with Gasteiger partial charge in [-0.25, -0.2) is 13.2 Å². The molecule has 0 fully saturated rings. The molecular formula is C26H27NO5S. The van der Waals surface area contributed by atoms with Crippen molar-refractivity contribution in [3.8, 4) is 0 Å². The Morgan fingerprint density at radius 2 is 1.52 bits per heavy atom. The maximum atomic E-state index is 12.1. The minimum Gasteiger partial charge on any atom is -0.292 e. The summed E-state index contributed by atoms with van der Waals surface area (Å²) in [7, 11) is -2.83. The van der Waals surface area contributed by atoms with Gasteiger partial charge in [-0.3, -0.25) is 9.19 Å². The average Bonchev–Trinajstić information content (AvgIpc) is 2.80. The first-order chi connectivity index (χ1) is 15.7. The summed E-state index contributed by atoms with van der Waals surface area (Å²) in [5.74, 6) is -0.568. The van der Waals surface area contributed by atoms with Crippen LogP contribution >= 0.6 is 0 Å². The fraction of sp³-hybridized carbons (Fsp3) is 0.192. The van der Waals surface area contributed by atoms with Crippen molar-refractivity contribution in [2.24, 2.45) is 0 Å². The van der Waals surface area contributed by atoms with E-state index in [1.165, 1.54) is 4.31 Å². The molecule has 7 heteroatoms. The third kappa shape index (κ3) is 7.30. The number of carbonyl (C=O) groups is 1. The van der Waals surface area contributed by atoms with Crippen LogP contribution in [0.4, 0.5) is 5.69 Å². The third-order valence-electron chi connectivity index (χ3n) is 4.56. The second kappa shape index (κ2) is 10.9. The highest BCUT2D eigenvalue weighted by molar-refractivity contribution is 7.74. The van der Waals surface area contributed by atoms with Crippen LogP contribution in [0.25, 0.3) is 12.2 Å². The molecule has 0 aromatic heterocycles. The summed E-state index contributed by atoms with van der Waals surface area (Å²) in [5.41, 5.74) is 2.87. The minimum atomic E-state index is -2.83. The fourth-order valence-electron chi connectivity index (χ4n) is 2.98. The summed E-state index contributed by atoms with van der Waals surface area (Å²) in [6.45, 7) is 5.61. The Balaban J connectivity index is 1.77. The van der Waals surface area contributed by atoms with Crippen molar-refractivity contribution in [2.75, 3.05) is 4.31 Å². The second-order valence-electron chi connectivity index (χ2n) is 8.36. The Labute approximate surface area is 196 Å². The molecule has 0 atom stereocenters. The highest BCUT2D eigenvalue weighted by Gasteiger charge is 2.16. The normalized spacial score (nSPS) is 11.6. The Bertz CT molecular complexity index is 1170. The van der Waals surface area contributed by atoms with Gasteiger partial charge in [-0.1, -0.05) is 72.8 Å². The van der Waals surface area contributed by atoms with Crippen LogP contribution in [-0.4, -0.2) is 20.0 Å². The smallest absolute Gasteiger partial charge is 0.292 e. The molecule has 3 rings (SSSR count). The first-order valence-corrected chi connectivity index (χ1v) is 11.6. The van der Waals surface area contributed by atoms with Crippen LogP contribution in [0.1, 0.15) is 47.8 Å². The molecular weight excluding hydrogens is 438 g/mol. The standard InChI is InChI=1S/C26H27NO5S/c1-26(2,3)32-31-25(28)23-17-14-20(15-18-23)13-16-22-11-7-8-12-24(22)27(33(29)30)19-21-9-5-4-6-10-21/h4-18,33H,19H2,1-3H3. The Hall–Kier alpha value is -3.42. The number of anilines is 1. The summed E-state index contributed by atoms with van der Waals surface area (Å²) < 4.78 is 25.4. The van der Waals surface area contributed by atoms with E-state index >= 15 is 0 Å². The Morgan fingerprint density at radius 3 is 2.15 bits per heavy atom. The first kappa shape index (κ1) is 24.2. The second-order valence-corrected chi connectivity index (χ2v) is 9.32. The average molecular weight is 466 g/mol. The highest BCUT2D eigenvalue weighted by Crippen LogP contribution is 2.25. The van der Waals surface area contributed by atoms with Crippen LogP contribution in [0.15, 0.2) is 78.9 Å². The quantitative estimate of drug-likeness (QED) is 0.212. The molecule has 3 aromatic rings. The molecule has 0 saturated heterocycles. The number of rotatable bonds is 8. The van der Waals surface area contributed by atoms with Crippen molar-refractivity contribution >= 4 is 34.7 Å². The number of hydrogen-bond donors (Lipinski definition) is 1. The van der Waals surface area contributed by atoms with Crippen LogP contribution in [0.2, 0.25) is 0 Å². The third-order valence-corrected chi connectivity index (χ3v) is 5.31. The maximum Gasteiger partial charge on any atom is 0.373 e. The topological polar surface area (TPSA) is 72.9 Å². The summed E-state index contributed by atoms with van der Waals surface area (Å²) in [4.78, 5) is 22.0. The van der Waals surface area contributed by atoms with Gasteiger partial charge in [-0.15, -0.1) is 0 Å². The molecule has 0 aliphatic rings. The van der Waals surface area contributed by atoms with Gasteiger partial charge < -0.3 is 0 Å². The Kier molecular flexibility index (Phi) is 8.03. The molecule has 0 aliphatic carbocycles. The van der Waals surface area contributed by atoms with E-state index in [1.54, 1.807) is 51.1 Å². The van der Waals surface area contributed by atoms with Crippen LogP contribution in [0.5, 0.6) is 0 Å². The van der Waals surface area contributed by atoms with Gasteiger partial charge in [0, 0.05) is 0 Å². The van der Waals surface area contributed by atoms with Crippen molar-refractivity contribution in [1.82, 2.24) is 0 Å². The van der Waals surface area contributed by atoms with Gasteiger partial charge in [0.15, 0.2) is 0 Å². The molecule has 6 nitrogen and oxygen atoms in total. The number of hydrogen-bond acceptors (Lipinski definition) is 5. The zero-order chi connectivity index (χ0) is 23.8. The van der Waals surface area contributed by atoms with Crippen molar-refractivity contribution in [3.05, 3.63) is 101 Å². The lowest BCUT2D eigenvalue weighted by atomic mass is 10.1. The highest BCUT2D eigenvalue weighted by atomic mass is 32.2. The van der Waals surface area contributed by atoms with Gasteiger partial charge in [0.05, 0.1) is 17.8 Å². The van der Waals surface area contributed by atoms with Crippen LogP contribution < -0.4 is 4.31 Å². The van der Waals surface area contributed by atoms with E-state index in [0.29, 0.717) is 11.3 Å². The number of para-hydroxylation sites is 1. The number of benzene rings is 3. The van der Waals surface area contributed by atoms with Crippen molar-refractivity contribution in [1.29, 1.82) is 0 Å². The van der Waals surface area contributed by atoms with E-state index in [2.05, 4.69) is 0 Å². The molecule has 33 heavy (non-hydrogen) atoms. The molecule has 3 aromatic carbocycles. The van der Waals surface area contributed by atoms with Gasteiger partial charge in [-0.05, 0) is 55.7 Å². The molecule has 0 aliphatic heterocycles. The predicted molar refractivity (Wildman–Crippen MR) is 131 cm³/mol. The van der Waals surface area contributed by atoms with Crippen molar-refractivity contribution < 1.29 is 23.0 Å². The summed E-state index contributed by atoms with van der Waals surface area (Å²) in [6, 6.07) is 23.6. The molecule has 172 valence electrons. The largest absolute Gasteiger partial charge is 0.373 e. The van der Waals surface area contributed by atoms with Crippen LogP contribution in [0, 0.1) is 0 Å². The molecule has 0 unspecified atom stereocenters. The number of thiol groups is 1. The molecule has 0 bridgehead atoms. The van der Waals surface area contributed by atoms with E-state index in [1.807, 2.05) is 60.7 Å². The Morgan fingerprint density at radius 1 is 0.879 bits per heavy atom. The fourth-order valence-corrected chi connectivity index (χ4v) is 3.61. The number of nitrogens with zero attached hydrogens (tertiary/aromatic N) is 1. The molecule has 0 radical (unpaired) electrons. The predicted octanol–water partition coefficient (Wildman–Crippen LogP) is 5.28.